The fraction of sp³-hybridized carbons (Fsp3) is 0.154. The summed E-state index contributed by atoms with van der Waals surface area (Å²) in [4.78, 5) is 30.7. The summed E-state index contributed by atoms with van der Waals surface area (Å²) in [6, 6.07) is 4.96. The van der Waals surface area contributed by atoms with Crippen molar-refractivity contribution in [3.8, 4) is 17.4 Å². The Morgan fingerprint density at radius 1 is 1.19 bits per heavy atom. The highest BCUT2D eigenvalue weighted by molar-refractivity contribution is 5.84. The Morgan fingerprint density at radius 2 is 1.95 bits per heavy atom. The second-order valence-electron chi connectivity index (χ2n) is 3.97. The summed E-state index contributed by atoms with van der Waals surface area (Å²) in [5.74, 6) is 0.462. The van der Waals surface area contributed by atoms with Crippen LogP contribution in [-0.4, -0.2) is 35.5 Å². The molecule has 3 N–H and O–H groups in total. The van der Waals surface area contributed by atoms with Gasteiger partial charge >= 0.3 is 5.69 Å². The monoisotopic (exact) mass is 291 g/mol. The number of benzene rings is 1. The summed E-state index contributed by atoms with van der Waals surface area (Å²) in [6.45, 7) is 0. The van der Waals surface area contributed by atoms with Gasteiger partial charge in [0.05, 0.1) is 14.2 Å². The number of hydrogen-bond donors (Lipinski definition) is 3. The van der Waals surface area contributed by atoms with Crippen molar-refractivity contribution in [1.82, 2.24) is 9.97 Å². The fourth-order valence-electron chi connectivity index (χ4n) is 1.64. The van der Waals surface area contributed by atoms with Crippen LogP contribution in [0.5, 0.6) is 17.4 Å². The van der Waals surface area contributed by atoms with Gasteiger partial charge in [-0.15, -0.1) is 0 Å². The van der Waals surface area contributed by atoms with Crippen molar-refractivity contribution < 1.29 is 14.6 Å². The van der Waals surface area contributed by atoms with E-state index < -0.39 is 17.1 Å². The first-order valence-electron chi connectivity index (χ1n) is 5.87. The molecule has 21 heavy (non-hydrogen) atoms. The van der Waals surface area contributed by atoms with Gasteiger partial charge in [-0.05, 0) is 12.1 Å². The Bertz CT molecular complexity index is 791. The fourth-order valence-corrected chi connectivity index (χ4v) is 1.64. The van der Waals surface area contributed by atoms with Gasteiger partial charge in [-0.25, -0.2) is 4.79 Å². The van der Waals surface area contributed by atoms with Gasteiger partial charge in [0.1, 0.15) is 22.7 Å². The number of aromatic amines is 2. The quantitative estimate of drug-likeness (QED) is 0.711. The first-order chi connectivity index (χ1) is 10.0. The molecule has 1 aromatic carbocycles. The minimum Gasteiger partial charge on any atom is -0.497 e. The maximum Gasteiger partial charge on any atom is 0.328 e. The van der Waals surface area contributed by atoms with Crippen LogP contribution in [-0.2, 0) is 0 Å². The zero-order valence-electron chi connectivity index (χ0n) is 11.3. The predicted molar refractivity (Wildman–Crippen MR) is 76.1 cm³/mol. The molecular formula is C13H13N3O5. The molecule has 0 amide bonds. The van der Waals surface area contributed by atoms with E-state index in [1.807, 2.05) is 4.98 Å². The van der Waals surface area contributed by atoms with Gasteiger partial charge < -0.3 is 14.6 Å². The number of rotatable bonds is 4. The molecule has 8 nitrogen and oxygen atoms in total. The van der Waals surface area contributed by atoms with Crippen molar-refractivity contribution in [2.45, 2.75) is 0 Å². The van der Waals surface area contributed by atoms with E-state index in [4.69, 9.17) is 9.47 Å². The molecule has 2 aromatic rings. The van der Waals surface area contributed by atoms with E-state index in [1.54, 1.807) is 18.2 Å². The first kappa shape index (κ1) is 14.4. The Labute approximate surface area is 118 Å². The number of H-pyrrole nitrogens is 2. The van der Waals surface area contributed by atoms with E-state index in [1.165, 1.54) is 14.2 Å². The highest BCUT2D eigenvalue weighted by atomic mass is 16.5. The van der Waals surface area contributed by atoms with Gasteiger partial charge in [-0.1, -0.05) is 0 Å². The van der Waals surface area contributed by atoms with Gasteiger partial charge in [-0.3, -0.25) is 19.8 Å². The van der Waals surface area contributed by atoms with E-state index in [9.17, 15) is 14.7 Å². The zero-order valence-corrected chi connectivity index (χ0v) is 11.3. The van der Waals surface area contributed by atoms with Crippen LogP contribution in [0.4, 0.5) is 5.69 Å². The molecule has 0 spiro atoms. The Kier molecular flexibility index (Phi) is 4.07. The molecule has 0 fully saturated rings. The molecule has 0 aliphatic heterocycles. The van der Waals surface area contributed by atoms with Gasteiger partial charge in [0.25, 0.3) is 5.56 Å². The van der Waals surface area contributed by atoms with Crippen LogP contribution in [0.1, 0.15) is 5.56 Å². The third-order valence-corrected chi connectivity index (χ3v) is 2.68. The predicted octanol–water partition coefficient (Wildman–Crippen LogP) is 0.537. The second kappa shape index (κ2) is 5.95. The maximum atomic E-state index is 11.6. The van der Waals surface area contributed by atoms with Crippen LogP contribution in [0.25, 0.3) is 0 Å². The molecule has 0 bridgehead atoms. The van der Waals surface area contributed by atoms with Crippen molar-refractivity contribution in [1.29, 1.82) is 0 Å². The third-order valence-electron chi connectivity index (χ3n) is 2.68. The van der Waals surface area contributed by atoms with Crippen molar-refractivity contribution in [2.24, 2.45) is 4.99 Å². The highest BCUT2D eigenvalue weighted by Crippen LogP contribution is 2.31. The summed E-state index contributed by atoms with van der Waals surface area (Å²) in [6.07, 6.45) is 1.13. The Hall–Kier alpha value is -3.03. The average Bonchev–Trinajstić information content (AvgIpc) is 2.45. The van der Waals surface area contributed by atoms with Crippen LogP contribution < -0.4 is 20.7 Å². The van der Waals surface area contributed by atoms with Crippen LogP contribution in [0, 0.1) is 0 Å². The standard InChI is InChI=1S/C13H13N3O5/c1-20-7-3-4-10(21-2)9(5-7)14-6-8-11(17)15-13(19)16-12(8)18/h3-6H,1-2H3,(H3,15,16,17,18,19). The van der Waals surface area contributed by atoms with Gasteiger partial charge in [0, 0.05) is 12.3 Å². The number of hydrogen-bond acceptors (Lipinski definition) is 6. The first-order valence-corrected chi connectivity index (χ1v) is 5.87. The lowest BCUT2D eigenvalue weighted by Gasteiger charge is -2.06. The van der Waals surface area contributed by atoms with Crippen molar-refractivity contribution in [2.75, 3.05) is 14.2 Å². The van der Waals surface area contributed by atoms with E-state index in [0.29, 0.717) is 17.2 Å². The van der Waals surface area contributed by atoms with Gasteiger partial charge in [0.15, 0.2) is 0 Å². The smallest absolute Gasteiger partial charge is 0.328 e. The Morgan fingerprint density at radius 3 is 2.57 bits per heavy atom. The molecule has 0 unspecified atom stereocenters. The van der Waals surface area contributed by atoms with Crippen LogP contribution in [0.3, 0.4) is 0 Å². The van der Waals surface area contributed by atoms with Crippen molar-refractivity contribution >= 4 is 11.9 Å². The number of aromatic hydroxyl groups is 1. The number of ether oxygens (including phenoxy) is 2. The molecule has 0 aliphatic carbocycles. The van der Waals surface area contributed by atoms with Gasteiger partial charge in [0.2, 0.25) is 5.88 Å². The molecular weight excluding hydrogens is 278 g/mol. The molecule has 0 aliphatic rings. The topological polar surface area (TPSA) is 117 Å². The molecule has 1 aromatic heterocycles. The van der Waals surface area contributed by atoms with Crippen molar-refractivity contribution in [3.05, 3.63) is 44.6 Å². The summed E-state index contributed by atoms with van der Waals surface area (Å²) < 4.78 is 10.2. The molecule has 0 atom stereocenters. The molecule has 2 rings (SSSR count). The molecule has 8 heteroatoms. The summed E-state index contributed by atoms with van der Waals surface area (Å²) in [5.41, 5.74) is -1.31. The Balaban J connectivity index is 2.47. The zero-order chi connectivity index (χ0) is 15.4. The summed E-state index contributed by atoms with van der Waals surface area (Å²) in [7, 11) is 2.99. The number of nitrogens with one attached hydrogen (secondary N) is 2. The molecule has 0 radical (unpaired) electrons. The number of aromatic nitrogens is 2. The molecule has 0 saturated heterocycles. The lowest BCUT2D eigenvalue weighted by Crippen LogP contribution is -2.24. The van der Waals surface area contributed by atoms with E-state index in [-0.39, 0.29) is 5.56 Å². The number of nitrogens with zero attached hydrogens (tertiary/aromatic N) is 1. The molecule has 0 saturated carbocycles. The lowest BCUT2D eigenvalue weighted by atomic mass is 10.2. The minimum atomic E-state index is -0.798. The second-order valence-corrected chi connectivity index (χ2v) is 3.97. The number of aliphatic imine (C=N–C) groups is 1. The highest BCUT2D eigenvalue weighted by Gasteiger charge is 2.07. The number of methoxy groups -OCH3 is 2. The van der Waals surface area contributed by atoms with Gasteiger partial charge in [-0.2, -0.15) is 0 Å². The van der Waals surface area contributed by atoms with E-state index >= 15 is 0 Å². The average molecular weight is 291 g/mol. The molecule has 110 valence electrons. The van der Waals surface area contributed by atoms with Crippen LogP contribution in [0.2, 0.25) is 0 Å². The summed E-state index contributed by atoms with van der Waals surface area (Å²) in [5, 5.41) is 9.55. The summed E-state index contributed by atoms with van der Waals surface area (Å²) >= 11 is 0. The molecule has 1 heterocycles. The maximum absolute atomic E-state index is 11.6. The van der Waals surface area contributed by atoms with Crippen molar-refractivity contribution in [3.63, 3.8) is 0 Å². The minimum absolute atomic E-state index is 0.167. The normalized spacial score (nSPS) is 10.8. The van der Waals surface area contributed by atoms with Crippen LogP contribution in [0.15, 0.2) is 32.8 Å². The largest absolute Gasteiger partial charge is 0.497 e. The van der Waals surface area contributed by atoms with E-state index in [2.05, 4.69) is 9.98 Å². The third kappa shape index (κ3) is 3.11. The van der Waals surface area contributed by atoms with Crippen LogP contribution >= 0.6 is 0 Å². The SMILES string of the molecule is COc1ccc(OC)c(N=Cc2c(O)[nH]c(=O)[nH]c2=O)c1. The lowest BCUT2D eigenvalue weighted by molar-refractivity contribution is 0.404. The van der Waals surface area contributed by atoms with E-state index in [0.717, 1.165) is 6.21 Å².